The maximum atomic E-state index is 6.46. The molecule has 0 aromatic heterocycles. The Morgan fingerprint density at radius 2 is 1.04 bits per heavy atom. The van der Waals surface area contributed by atoms with Gasteiger partial charge in [0.2, 0.25) is 0 Å². The largest absolute Gasteiger partial charge is 0.118 e. The normalized spacial score (nSPS) is 12.4. The van der Waals surface area contributed by atoms with Crippen LogP contribution < -0.4 is 0 Å². The molecule has 0 nitrogen and oxygen atoms in total. The van der Waals surface area contributed by atoms with Crippen molar-refractivity contribution in [1.29, 1.82) is 0 Å². The fraction of sp³-hybridized carbons (Fsp3) is 0.739. The van der Waals surface area contributed by atoms with Crippen LogP contribution in [0.3, 0.4) is 0 Å². The summed E-state index contributed by atoms with van der Waals surface area (Å²) in [5.74, 6) is 0. The van der Waals surface area contributed by atoms with Crippen LogP contribution in [0.1, 0.15) is 114 Å². The van der Waals surface area contributed by atoms with Crippen molar-refractivity contribution in [3.8, 4) is 0 Å². The van der Waals surface area contributed by atoms with Crippen LogP contribution in [0.25, 0.3) is 0 Å². The molecule has 24 heavy (non-hydrogen) atoms. The lowest BCUT2D eigenvalue weighted by Gasteiger charge is -2.09. The average molecular weight is 351 g/mol. The van der Waals surface area contributed by atoms with Crippen molar-refractivity contribution in [1.82, 2.24) is 0 Å². The van der Waals surface area contributed by atoms with Crippen molar-refractivity contribution >= 4 is 11.6 Å². The summed E-state index contributed by atoms with van der Waals surface area (Å²) < 4.78 is 0. The van der Waals surface area contributed by atoms with Gasteiger partial charge in [0.15, 0.2) is 0 Å². The molecule has 0 N–H and O–H groups in total. The SMILES string of the molecule is CCCCCCCCCCCCCCCCC(Cl)c1ccccc1. The van der Waals surface area contributed by atoms with Crippen molar-refractivity contribution in [2.45, 2.75) is 109 Å². The van der Waals surface area contributed by atoms with Gasteiger partial charge >= 0.3 is 0 Å². The predicted molar refractivity (Wildman–Crippen MR) is 110 cm³/mol. The molecule has 1 unspecified atom stereocenters. The van der Waals surface area contributed by atoms with Crippen LogP contribution in [-0.4, -0.2) is 0 Å². The first-order chi connectivity index (χ1) is 11.8. The topological polar surface area (TPSA) is 0 Å². The Morgan fingerprint density at radius 1 is 0.625 bits per heavy atom. The lowest BCUT2D eigenvalue weighted by Crippen LogP contribution is -1.90. The second-order valence-electron chi connectivity index (χ2n) is 7.26. The Balaban J connectivity index is 1.79. The van der Waals surface area contributed by atoms with E-state index in [2.05, 4.69) is 37.3 Å². The highest BCUT2D eigenvalue weighted by atomic mass is 35.5. The summed E-state index contributed by atoms with van der Waals surface area (Å²) in [5, 5.41) is 0.198. The van der Waals surface area contributed by atoms with Crippen LogP contribution in [0.5, 0.6) is 0 Å². The number of hydrogen-bond donors (Lipinski definition) is 0. The monoisotopic (exact) mass is 350 g/mol. The Kier molecular flexibility index (Phi) is 14.4. The van der Waals surface area contributed by atoms with Crippen molar-refractivity contribution in [3.63, 3.8) is 0 Å². The first kappa shape index (κ1) is 21.6. The molecule has 0 aliphatic rings. The van der Waals surface area contributed by atoms with E-state index in [9.17, 15) is 0 Å². The number of hydrogen-bond acceptors (Lipinski definition) is 0. The lowest BCUT2D eigenvalue weighted by atomic mass is 10.0. The van der Waals surface area contributed by atoms with E-state index in [0.29, 0.717) is 0 Å². The smallest absolute Gasteiger partial charge is 0.0585 e. The average Bonchev–Trinajstić information content (AvgIpc) is 2.62. The summed E-state index contributed by atoms with van der Waals surface area (Å²) in [5.41, 5.74) is 1.27. The number of rotatable bonds is 16. The van der Waals surface area contributed by atoms with Crippen molar-refractivity contribution in [3.05, 3.63) is 35.9 Å². The van der Waals surface area contributed by atoms with Gasteiger partial charge in [-0.2, -0.15) is 0 Å². The van der Waals surface area contributed by atoms with E-state index in [1.165, 1.54) is 95.5 Å². The predicted octanol–water partition coefficient (Wildman–Crippen LogP) is 8.84. The van der Waals surface area contributed by atoms with Crippen LogP contribution in [0.2, 0.25) is 0 Å². The van der Waals surface area contributed by atoms with E-state index >= 15 is 0 Å². The lowest BCUT2D eigenvalue weighted by molar-refractivity contribution is 0.531. The summed E-state index contributed by atoms with van der Waals surface area (Å²) in [6, 6.07) is 10.5. The van der Waals surface area contributed by atoms with Gasteiger partial charge in [-0.15, -0.1) is 11.6 Å². The molecule has 1 rings (SSSR count). The van der Waals surface area contributed by atoms with Gasteiger partial charge in [-0.1, -0.05) is 127 Å². The van der Waals surface area contributed by atoms with Crippen molar-refractivity contribution < 1.29 is 0 Å². The first-order valence-corrected chi connectivity index (χ1v) is 11.0. The van der Waals surface area contributed by atoms with Gasteiger partial charge < -0.3 is 0 Å². The highest BCUT2D eigenvalue weighted by Gasteiger charge is 2.06. The third-order valence-electron chi connectivity index (χ3n) is 4.97. The summed E-state index contributed by atoms with van der Waals surface area (Å²) in [4.78, 5) is 0. The fourth-order valence-corrected chi connectivity index (χ4v) is 3.65. The third-order valence-corrected chi connectivity index (χ3v) is 5.44. The molecule has 1 heteroatoms. The molecule has 1 aromatic carbocycles. The maximum Gasteiger partial charge on any atom is 0.0585 e. The van der Waals surface area contributed by atoms with Crippen LogP contribution >= 0.6 is 11.6 Å². The number of unbranched alkanes of at least 4 members (excludes halogenated alkanes) is 13. The zero-order valence-corrected chi connectivity index (χ0v) is 16.7. The number of halogens is 1. The Morgan fingerprint density at radius 3 is 1.50 bits per heavy atom. The Bertz CT molecular complexity index is 360. The van der Waals surface area contributed by atoms with E-state index in [-0.39, 0.29) is 5.38 Å². The minimum Gasteiger partial charge on any atom is -0.118 e. The molecule has 0 saturated heterocycles. The van der Waals surface area contributed by atoms with Gasteiger partial charge in [-0.3, -0.25) is 0 Å². The van der Waals surface area contributed by atoms with Gasteiger partial charge in [0.05, 0.1) is 5.38 Å². The number of benzene rings is 1. The molecule has 0 aliphatic carbocycles. The van der Waals surface area contributed by atoms with Crippen molar-refractivity contribution in [2.75, 3.05) is 0 Å². The molecule has 138 valence electrons. The second-order valence-corrected chi connectivity index (χ2v) is 7.79. The van der Waals surface area contributed by atoms with Gasteiger partial charge in [0.1, 0.15) is 0 Å². The van der Waals surface area contributed by atoms with Gasteiger partial charge in [-0.05, 0) is 12.0 Å². The minimum absolute atomic E-state index is 0.198. The molecule has 0 spiro atoms. The highest BCUT2D eigenvalue weighted by molar-refractivity contribution is 6.20. The quantitative estimate of drug-likeness (QED) is 0.206. The van der Waals surface area contributed by atoms with E-state index in [0.717, 1.165) is 6.42 Å². The van der Waals surface area contributed by atoms with E-state index in [1.54, 1.807) is 0 Å². The van der Waals surface area contributed by atoms with E-state index in [1.807, 2.05) is 0 Å². The van der Waals surface area contributed by atoms with Crippen LogP contribution in [0.4, 0.5) is 0 Å². The minimum atomic E-state index is 0.198. The summed E-state index contributed by atoms with van der Waals surface area (Å²) in [7, 11) is 0. The molecule has 1 aromatic rings. The fourth-order valence-electron chi connectivity index (χ4n) is 3.35. The first-order valence-electron chi connectivity index (χ1n) is 10.5. The maximum absolute atomic E-state index is 6.46. The molecule has 0 amide bonds. The molecule has 0 saturated carbocycles. The number of alkyl halides is 1. The highest BCUT2D eigenvalue weighted by Crippen LogP contribution is 2.26. The van der Waals surface area contributed by atoms with Crippen LogP contribution in [-0.2, 0) is 0 Å². The van der Waals surface area contributed by atoms with E-state index in [4.69, 9.17) is 11.6 Å². The van der Waals surface area contributed by atoms with Crippen LogP contribution in [0, 0.1) is 0 Å². The molecule has 0 aliphatic heterocycles. The Labute approximate surface area is 156 Å². The second kappa shape index (κ2) is 16.0. The third kappa shape index (κ3) is 12.0. The molecular weight excluding hydrogens is 312 g/mol. The molecular formula is C23H39Cl. The summed E-state index contributed by atoms with van der Waals surface area (Å²) in [6.45, 7) is 2.29. The zero-order valence-electron chi connectivity index (χ0n) is 15.9. The van der Waals surface area contributed by atoms with Gasteiger partial charge in [0, 0.05) is 0 Å². The molecule has 0 fully saturated rings. The van der Waals surface area contributed by atoms with E-state index < -0.39 is 0 Å². The molecule has 0 heterocycles. The summed E-state index contributed by atoms with van der Waals surface area (Å²) in [6.07, 6.45) is 20.9. The summed E-state index contributed by atoms with van der Waals surface area (Å²) >= 11 is 6.46. The molecule has 1 atom stereocenters. The van der Waals surface area contributed by atoms with Crippen molar-refractivity contribution in [2.24, 2.45) is 0 Å². The standard InChI is InChI=1S/C23H39Cl/c1-2-3-4-5-6-7-8-9-10-11-12-13-14-18-21-23(24)22-19-16-15-17-20-22/h15-17,19-20,23H,2-14,18,21H2,1H3. The Hall–Kier alpha value is -0.490. The van der Waals surface area contributed by atoms with Gasteiger partial charge in [-0.25, -0.2) is 0 Å². The molecule has 0 radical (unpaired) electrons. The molecule has 0 bridgehead atoms. The van der Waals surface area contributed by atoms with Gasteiger partial charge in [0.25, 0.3) is 0 Å². The van der Waals surface area contributed by atoms with Crippen LogP contribution in [0.15, 0.2) is 30.3 Å². The zero-order chi connectivity index (χ0) is 17.3.